The van der Waals surface area contributed by atoms with Gasteiger partial charge < -0.3 is 10.1 Å². The summed E-state index contributed by atoms with van der Waals surface area (Å²) >= 11 is 11.7. The topological polar surface area (TPSA) is 55.4 Å². The van der Waals surface area contributed by atoms with E-state index in [9.17, 15) is 9.59 Å². The standard InChI is InChI=1S/C10H9Cl2NO3/c1-16-10-6(4-13-9(15)5-14)2-7(11)3-8(10)12/h2-3,5H,4H2,1H3,(H,13,15). The fourth-order valence-electron chi connectivity index (χ4n) is 1.20. The molecule has 0 heterocycles. The van der Waals surface area contributed by atoms with Crippen LogP contribution in [0.5, 0.6) is 5.75 Å². The number of ether oxygens (including phenoxy) is 1. The van der Waals surface area contributed by atoms with E-state index in [0.29, 0.717) is 21.4 Å². The highest BCUT2D eigenvalue weighted by Crippen LogP contribution is 2.31. The van der Waals surface area contributed by atoms with Crippen molar-refractivity contribution in [3.63, 3.8) is 0 Å². The second-order valence-electron chi connectivity index (χ2n) is 2.92. The Bertz CT molecular complexity index is 421. The summed E-state index contributed by atoms with van der Waals surface area (Å²) in [5.41, 5.74) is 0.607. The van der Waals surface area contributed by atoms with Crippen LogP contribution in [-0.2, 0) is 16.1 Å². The minimum atomic E-state index is -0.710. The van der Waals surface area contributed by atoms with Crippen molar-refractivity contribution in [3.8, 4) is 5.75 Å². The Morgan fingerprint density at radius 2 is 2.19 bits per heavy atom. The van der Waals surface area contributed by atoms with E-state index >= 15 is 0 Å². The molecule has 0 fully saturated rings. The molecule has 0 aliphatic heterocycles. The van der Waals surface area contributed by atoms with Gasteiger partial charge in [0.25, 0.3) is 5.91 Å². The Hall–Kier alpha value is -1.26. The molecule has 86 valence electrons. The second kappa shape index (κ2) is 5.72. The summed E-state index contributed by atoms with van der Waals surface area (Å²) in [5.74, 6) is -0.282. The van der Waals surface area contributed by atoms with Crippen LogP contribution in [0, 0.1) is 0 Å². The Kier molecular flexibility index (Phi) is 4.58. The quantitative estimate of drug-likeness (QED) is 0.665. The van der Waals surface area contributed by atoms with Gasteiger partial charge in [-0.05, 0) is 12.1 Å². The van der Waals surface area contributed by atoms with E-state index in [1.165, 1.54) is 13.2 Å². The van der Waals surface area contributed by atoms with Crippen LogP contribution in [-0.4, -0.2) is 19.3 Å². The summed E-state index contributed by atoms with van der Waals surface area (Å²) in [6.45, 7) is 0.126. The Morgan fingerprint density at radius 1 is 1.50 bits per heavy atom. The highest BCUT2D eigenvalue weighted by atomic mass is 35.5. The third-order valence-electron chi connectivity index (χ3n) is 1.85. The maximum atomic E-state index is 10.8. The average Bonchev–Trinajstić information content (AvgIpc) is 2.25. The first-order valence-electron chi connectivity index (χ1n) is 4.33. The van der Waals surface area contributed by atoms with Crippen LogP contribution in [0.4, 0.5) is 0 Å². The number of carbonyl (C=O) groups excluding carboxylic acids is 2. The third-order valence-corrected chi connectivity index (χ3v) is 2.35. The molecule has 16 heavy (non-hydrogen) atoms. The fraction of sp³-hybridized carbons (Fsp3) is 0.200. The van der Waals surface area contributed by atoms with E-state index < -0.39 is 5.91 Å². The van der Waals surface area contributed by atoms with Gasteiger partial charge in [0.05, 0.1) is 12.1 Å². The molecule has 0 spiro atoms. The summed E-state index contributed by atoms with van der Waals surface area (Å²) in [6.07, 6.45) is 0.193. The van der Waals surface area contributed by atoms with Gasteiger partial charge in [-0.1, -0.05) is 23.2 Å². The van der Waals surface area contributed by atoms with Gasteiger partial charge in [0.1, 0.15) is 5.75 Å². The van der Waals surface area contributed by atoms with E-state index in [-0.39, 0.29) is 12.8 Å². The molecule has 0 aliphatic carbocycles. The lowest BCUT2D eigenvalue weighted by Gasteiger charge is -2.10. The molecule has 0 saturated heterocycles. The number of hydrogen-bond acceptors (Lipinski definition) is 3. The van der Waals surface area contributed by atoms with Crippen LogP contribution in [0.15, 0.2) is 12.1 Å². The molecule has 1 N–H and O–H groups in total. The lowest BCUT2D eigenvalue weighted by atomic mass is 10.2. The smallest absolute Gasteiger partial charge is 0.284 e. The van der Waals surface area contributed by atoms with E-state index in [1.54, 1.807) is 6.07 Å². The van der Waals surface area contributed by atoms with E-state index in [1.807, 2.05) is 0 Å². The van der Waals surface area contributed by atoms with Crippen molar-refractivity contribution in [2.75, 3.05) is 7.11 Å². The van der Waals surface area contributed by atoms with Gasteiger partial charge in [-0.15, -0.1) is 0 Å². The maximum absolute atomic E-state index is 10.8. The predicted octanol–water partition coefficient (Wildman–Crippen LogP) is 1.82. The summed E-state index contributed by atoms with van der Waals surface area (Å²) in [5, 5.41) is 3.16. The van der Waals surface area contributed by atoms with Gasteiger partial charge in [-0.2, -0.15) is 0 Å². The molecular weight excluding hydrogens is 253 g/mol. The molecule has 0 radical (unpaired) electrons. The molecule has 0 unspecified atom stereocenters. The van der Waals surface area contributed by atoms with Gasteiger partial charge in [0.2, 0.25) is 6.29 Å². The number of aldehydes is 1. The lowest BCUT2D eigenvalue weighted by molar-refractivity contribution is -0.131. The highest BCUT2D eigenvalue weighted by Gasteiger charge is 2.10. The average molecular weight is 262 g/mol. The highest BCUT2D eigenvalue weighted by molar-refractivity contribution is 6.35. The van der Waals surface area contributed by atoms with Crippen LogP contribution >= 0.6 is 23.2 Å². The molecule has 1 rings (SSSR count). The van der Waals surface area contributed by atoms with E-state index in [0.717, 1.165) is 0 Å². The molecule has 1 amide bonds. The van der Waals surface area contributed by atoms with Gasteiger partial charge in [-0.25, -0.2) is 0 Å². The number of hydrogen-bond donors (Lipinski definition) is 1. The predicted molar refractivity (Wildman–Crippen MR) is 60.9 cm³/mol. The van der Waals surface area contributed by atoms with Crippen molar-refractivity contribution in [2.45, 2.75) is 6.54 Å². The summed E-state index contributed by atoms with van der Waals surface area (Å²) in [6, 6.07) is 3.14. The number of benzene rings is 1. The van der Waals surface area contributed by atoms with Crippen LogP contribution in [0.25, 0.3) is 0 Å². The lowest BCUT2D eigenvalue weighted by Crippen LogP contribution is -2.23. The molecule has 0 atom stereocenters. The zero-order chi connectivity index (χ0) is 12.1. The number of halogens is 2. The number of methoxy groups -OCH3 is 1. The molecule has 0 aromatic heterocycles. The molecule has 0 aliphatic rings. The summed E-state index contributed by atoms with van der Waals surface area (Å²) in [4.78, 5) is 20.9. The van der Waals surface area contributed by atoms with Crippen LogP contribution < -0.4 is 10.1 Å². The van der Waals surface area contributed by atoms with Crippen molar-refractivity contribution < 1.29 is 14.3 Å². The first-order chi connectivity index (χ1) is 7.58. The second-order valence-corrected chi connectivity index (χ2v) is 3.76. The van der Waals surface area contributed by atoms with Gasteiger partial charge in [0, 0.05) is 17.1 Å². The molecule has 0 bridgehead atoms. The molecule has 1 aromatic rings. The summed E-state index contributed by atoms with van der Waals surface area (Å²) < 4.78 is 5.07. The number of nitrogens with one attached hydrogen (secondary N) is 1. The van der Waals surface area contributed by atoms with Gasteiger partial charge in [-0.3, -0.25) is 9.59 Å². The van der Waals surface area contributed by atoms with Crippen LogP contribution in [0.3, 0.4) is 0 Å². The molecule has 6 heteroatoms. The normalized spacial score (nSPS) is 9.69. The zero-order valence-electron chi connectivity index (χ0n) is 8.42. The minimum Gasteiger partial charge on any atom is -0.495 e. The SMILES string of the molecule is COc1c(Cl)cc(Cl)cc1CNC(=O)C=O. The van der Waals surface area contributed by atoms with Gasteiger partial charge in [0.15, 0.2) is 0 Å². The molecular formula is C10H9Cl2NO3. The largest absolute Gasteiger partial charge is 0.495 e. The van der Waals surface area contributed by atoms with Crippen molar-refractivity contribution in [2.24, 2.45) is 0 Å². The molecule has 1 aromatic carbocycles. The monoisotopic (exact) mass is 261 g/mol. The van der Waals surface area contributed by atoms with Crippen molar-refractivity contribution in [1.29, 1.82) is 0 Å². The number of rotatable bonds is 4. The van der Waals surface area contributed by atoms with E-state index in [2.05, 4.69) is 5.32 Å². The summed E-state index contributed by atoms with van der Waals surface area (Å²) in [7, 11) is 1.46. The third kappa shape index (κ3) is 3.12. The fourth-order valence-corrected chi connectivity index (χ4v) is 1.81. The first-order valence-corrected chi connectivity index (χ1v) is 5.09. The Balaban J connectivity index is 2.93. The van der Waals surface area contributed by atoms with Crippen molar-refractivity contribution in [1.82, 2.24) is 5.32 Å². The Labute approximate surface area is 102 Å². The van der Waals surface area contributed by atoms with Gasteiger partial charge >= 0.3 is 0 Å². The van der Waals surface area contributed by atoms with Crippen LogP contribution in [0.1, 0.15) is 5.56 Å². The van der Waals surface area contributed by atoms with Crippen molar-refractivity contribution in [3.05, 3.63) is 27.7 Å². The van der Waals surface area contributed by atoms with E-state index in [4.69, 9.17) is 27.9 Å². The number of amides is 1. The minimum absolute atomic E-state index is 0.126. The first kappa shape index (κ1) is 12.8. The van der Waals surface area contributed by atoms with Crippen molar-refractivity contribution >= 4 is 35.4 Å². The van der Waals surface area contributed by atoms with Crippen LogP contribution in [0.2, 0.25) is 10.0 Å². The molecule has 0 saturated carbocycles. The Morgan fingerprint density at radius 3 is 2.75 bits per heavy atom. The maximum Gasteiger partial charge on any atom is 0.284 e. The zero-order valence-corrected chi connectivity index (χ0v) is 9.93. The number of carbonyl (C=O) groups is 2. The molecule has 4 nitrogen and oxygen atoms in total.